The molecule has 8 heteroatoms. The Balaban J connectivity index is 1.24. The molecule has 1 N–H and O–H groups in total. The molecule has 3 saturated carbocycles. The van der Waals surface area contributed by atoms with Gasteiger partial charge >= 0.3 is 5.97 Å². The Morgan fingerprint density at radius 1 is 1.06 bits per heavy atom. The summed E-state index contributed by atoms with van der Waals surface area (Å²) in [6.45, 7) is 7.07. The molecule has 3 atom stereocenters. The minimum atomic E-state index is -0.736. The Bertz CT molecular complexity index is 1560. The lowest BCUT2D eigenvalue weighted by Gasteiger charge is -2.50. The standard InChI is InChI=1S/C39H52N4O4/c1-26(2)43-25-33(23-41-43)30-16-19-40-36(21-30)42(38(46)29-10-7-28(8-11-29)9-14-37(44)45)24-32-15-18-39(17-5-6-31(32)22-39)34-12-13-35(47-4)27(3)20-34/h12-13,16,19-21,23,25-26,28-29,31-32H,5-11,14-15,17-18,22,24H2,1-4H3,(H,44,45). The first-order valence-corrected chi connectivity index (χ1v) is 17.8. The highest BCUT2D eigenvalue weighted by Gasteiger charge is 2.45. The van der Waals surface area contributed by atoms with Gasteiger partial charge in [-0.15, -0.1) is 0 Å². The summed E-state index contributed by atoms with van der Waals surface area (Å²) in [5, 5.41) is 13.7. The highest BCUT2D eigenvalue weighted by Crippen LogP contribution is 2.53. The molecule has 252 valence electrons. The van der Waals surface area contributed by atoms with Gasteiger partial charge in [0.15, 0.2) is 0 Å². The maximum Gasteiger partial charge on any atom is 0.303 e. The molecule has 8 nitrogen and oxygen atoms in total. The molecule has 2 heterocycles. The molecule has 0 saturated heterocycles. The fraction of sp³-hybridized carbons (Fsp3) is 0.590. The zero-order valence-corrected chi connectivity index (χ0v) is 28.7. The third-order valence-electron chi connectivity index (χ3n) is 11.7. The zero-order chi connectivity index (χ0) is 33.1. The molecule has 47 heavy (non-hydrogen) atoms. The van der Waals surface area contributed by atoms with E-state index in [1.54, 1.807) is 7.11 Å². The minimum Gasteiger partial charge on any atom is -0.496 e. The summed E-state index contributed by atoms with van der Waals surface area (Å²) in [6.07, 6.45) is 17.2. The molecule has 3 aliphatic rings. The van der Waals surface area contributed by atoms with Crippen molar-refractivity contribution in [2.45, 2.75) is 109 Å². The average molecular weight is 641 g/mol. The fourth-order valence-corrected chi connectivity index (χ4v) is 8.88. The van der Waals surface area contributed by atoms with Crippen molar-refractivity contribution < 1.29 is 19.4 Å². The highest BCUT2D eigenvalue weighted by molar-refractivity contribution is 5.94. The Morgan fingerprint density at radius 2 is 1.87 bits per heavy atom. The van der Waals surface area contributed by atoms with Crippen molar-refractivity contribution >= 4 is 17.7 Å². The van der Waals surface area contributed by atoms with E-state index in [1.807, 2.05) is 28.0 Å². The second-order valence-electron chi connectivity index (χ2n) is 14.9. The monoisotopic (exact) mass is 640 g/mol. The third kappa shape index (κ3) is 7.26. The first kappa shape index (κ1) is 33.2. The number of carboxylic acids is 1. The number of rotatable bonds is 11. The first-order chi connectivity index (χ1) is 22.7. The van der Waals surface area contributed by atoms with Crippen LogP contribution in [0.3, 0.4) is 0 Å². The normalized spacial score (nSPS) is 25.8. The van der Waals surface area contributed by atoms with Gasteiger partial charge in [-0.2, -0.15) is 5.10 Å². The van der Waals surface area contributed by atoms with Crippen LogP contribution in [0.4, 0.5) is 5.82 Å². The number of aliphatic carboxylic acids is 1. The number of carboxylic acid groups (broad SMARTS) is 1. The van der Waals surface area contributed by atoms with Gasteiger partial charge in [0, 0.05) is 42.9 Å². The van der Waals surface area contributed by atoms with Gasteiger partial charge in [-0.3, -0.25) is 19.2 Å². The Morgan fingerprint density at radius 3 is 2.57 bits per heavy atom. The second kappa shape index (κ2) is 14.2. The maximum atomic E-state index is 14.5. The molecule has 3 fully saturated rings. The third-order valence-corrected chi connectivity index (χ3v) is 11.7. The summed E-state index contributed by atoms with van der Waals surface area (Å²) in [6, 6.07) is 11.1. The number of aryl methyl sites for hydroxylation is 1. The van der Waals surface area contributed by atoms with Crippen LogP contribution in [-0.2, 0) is 15.0 Å². The van der Waals surface area contributed by atoms with Crippen LogP contribution < -0.4 is 9.64 Å². The molecule has 3 aliphatic carbocycles. The van der Waals surface area contributed by atoms with E-state index in [1.165, 1.54) is 36.8 Å². The number of hydrogen-bond donors (Lipinski definition) is 1. The molecule has 1 amide bonds. The Hall–Kier alpha value is -3.68. The summed E-state index contributed by atoms with van der Waals surface area (Å²) in [5.74, 6) is 2.45. The number of aromatic nitrogens is 3. The summed E-state index contributed by atoms with van der Waals surface area (Å²) >= 11 is 0. The number of anilines is 1. The quantitative estimate of drug-likeness (QED) is 0.226. The number of carbonyl (C=O) groups excluding carboxylic acids is 1. The van der Waals surface area contributed by atoms with Gasteiger partial charge in [0.2, 0.25) is 5.91 Å². The van der Waals surface area contributed by atoms with Gasteiger partial charge in [0.25, 0.3) is 0 Å². The smallest absolute Gasteiger partial charge is 0.303 e. The van der Waals surface area contributed by atoms with E-state index in [9.17, 15) is 14.7 Å². The van der Waals surface area contributed by atoms with Crippen LogP contribution in [-0.4, -0.2) is 45.4 Å². The number of nitrogens with zero attached hydrogens (tertiary/aromatic N) is 4. The highest BCUT2D eigenvalue weighted by atomic mass is 16.5. The van der Waals surface area contributed by atoms with E-state index in [4.69, 9.17) is 9.72 Å². The van der Waals surface area contributed by atoms with Crippen molar-refractivity contribution in [2.24, 2.45) is 23.7 Å². The maximum absolute atomic E-state index is 14.5. The van der Waals surface area contributed by atoms with Gasteiger partial charge in [-0.25, -0.2) is 4.98 Å². The zero-order valence-electron chi connectivity index (χ0n) is 28.7. The number of ether oxygens (including phenoxy) is 1. The molecule has 3 unspecified atom stereocenters. The predicted octanol–water partition coefficient (Wildman–Crippen LogP) is 8.39. The largest absolute Gasteiger partial charge is 0.496 e. The molecule has 0 radical (unpaired) electrons. The minimum absolute atomic E-state index is 0.0541. The summed E-state index contributed by atoms with van der Waals surface area (Å²) in [4.78, 5) is 32.5. The number of carbonyl (C=O) groups is 2. The van der Waals surface area contributed by atoms with Crippen LogP contribution in [0.1, 0.15) is 108 Å². The lowest BCUT2D eigenvalue weighted by Crippen LogP contribution is -2.47. The molecule has 6 rings (SSSR count). The van der Waals surface area contributed by atoms with E-state index in [2.05, 4.69) is 56.3 Å². The van der Waals surface area contributed by atoms with Gasteiger partial charge in [-0.1, -0.05) is 25.0 Å². The molecule has 0 spiro atoms. The van der Waals surface area contributed by atoms with Gasteiger partial charge in [0.1, 0.15) is 11.6 Å². The number of benzene rings is 1. The Kier molecular flexibility index (Phi) is 10.0. The molecular formula is C39H52N4O4. The summed E-state index contributed by atoms with van der Waals surface area (Å²) in [5.41, 5.74) is 4.89. The molecule has 3 aromatic rings. The number of pyridine rings is 1. The van der Waals surface area contributed by atoms with Crippen molar-refractivity contribution in [3.05, 3.63) is 60.0 Å². The topological polar surface area (TPSA) is 97.5 Å². The molecular weight excluding hydrogens is 588 g/mol. The summed E-state index contributed by atoms with van der Waals surface area (Å²) < 4.78 is 7.53. The number of methoxy groups -OCH3 is 1. The number of hydrogen-bond acceptors (Lipinski definition) is 5. The summed E-state index contributed by atoms with van der Waals surface area (Å²) in [7, 11) is 1.74. The van der Waals surface area contributed by atoms with Gasteiger partial charge in [-0.05, 0) is 137 Å². The Labute approximate surface area is 279 Å². The first-order valence-electron chi connectivity index (χ1n) is 17.8. The molecule has 2 aromatic heterocycles. The van der Waals surface area contributed by atoms with Crippen molar-refractivity contribution in [3.63, 3.8) is 0 Å². The van der Waals surface area contributed by atoms with Crippen molar-refractivity contribution in [1.29, 1.82) is 0 Å². The number of fused-ring (bicyclic) bond motifs is 2. The lowest BCUT2D eigenvalue weighted by molar-refractivity contribution is -0.137. The van der Waals surface area contributed by atoms with Gasteiger partial charge in [0.05, 0.1) is 13.3 Å². The van der Waals surface area contributed by atoms with Crippen LogP contribution in [0.15, 0.2) is 48.9 Å². The van der Waals surface area contributed by atoms with Crippen LogP contribution in [0.5, 0.6) is 5.75 Å². The van der Waals surface area contributed by atoms with Gasteiger partial charge < -0.3 is 9.84 Å². The average Bonchev–Trinajstić information content (AvgIpc) is 3.58. The van der Waals surface area contributed by atoms with Crippen LogP contribution in [0, 0.1) is 30.6 Å². The number of amides is 1. The van der Waals surface area contributed by atoms with Crippen LogP contribution >= 0.6 is 0 Å². The predicted molar refractivity (Wildman–Crippen MR) is 185 cm³/mol. The van der Waals surface area contributed by atoms with E-state index in [0.29, 0.717) is 30.7 Å². The van der Waals surface area contributed by atoms with Crippen molar-refractivity contribution in [1.82, 2.24) is 14.8 Å². The SMILES string of the molecule is COc1ccc(C23CCCC(C2)C(CN(C(=O)C2CCC(CCC(=O)O)CC2)c2cc(-c4cnn(C(C)C)c4)ccn2)CC3)cc1C. The van der Waals surface area contributed by atoms with Crippen molar-refractivity contribution in [2.75, 3.05) is 18.6 Å². The molecule has 1 aromatic carbocycles. The molecule has 2 bridgehead atoms. The lowest BCUT2D eigenvalue weighted by atomic mass is 9.56. The van der Waals surface area contributed by atoms with Crippen LogP contribution in [0.2, 0.25) is 0 Å². The van der Waals surface area contributed by atoms with E-state index < -0.39 is 5.97 Å². The van der Waals surface area contributed by atoms with Crippen LogP contribution in [0.25, 0.3) is 11.1 Å². The second-order valence-corrected chi connectivity index (χ2v) is 14.9. The fourth-order valence-electron chi connectivity index (χ4n) is 8.88. The van der Waals surface area contributed by atoms with E-state index >= 15 is 0 Å². The molecule has 0 aliphatic heterocycles. The van der Waals surface area contributed by atoms with Crippen molar-refractivity contribution in [3.8, 4) is 16.9 Å². The van der Waals surface area contributed by atoms with E-state index in [-0.39, 0.29) is 29.7 Å². The van der Waals surface area contributed by atoms with E-state index in [0.717, 1.165) is 61.2 Å².